The first-order valence-electron chi connectivity index (χ1n) is 7.79. The molecule has 0 saturated carbocycles. The fourth-order valence-electron chi connectivity index (χ4n) is 2.27. The molecule has 1 rings (SSSR count). The molecule has 0 radical (unpaired) electrons. The van der Waals surface area contributed by atoms with E-state index in [0.717, 1.165) is 25.8 Å². The van der Waals surface area contributed by atoms with E-state index in [-0.39, 0.29) is 11.9 Å². The van der Waals surface area contributed by atoms with E-state index >= 15 is 0 Å². The summed E-state index contributed by atoms with van der Waals surface area (Å²) in [6, 6.07) is 2.75. The standard InChI is InChI=1S/C16H29N3O/c1-5-8-15(17-7-3)14-9-10-19(11-14)12-16(20)18-13(4)6-2/h9-11,13,15,17H,5-8,12H2,1-4H3,(H,18,20). The van der Waals surface area contributed by atoms with Gasteiger partial charge >= 0.3 is 0 Å². The second-order valence-corrected chi connectivity index (χ2v) is 5.39. The molecular weight excluding hydrogens is 250 g/mol. The van der Waals surface area contributed by atoms with Gasteiger partial charge in [-0.05, 0) is 37.9 Å². The largest absolute Gasteiger partial charge is 0.352 e. The molecule has 4 nitrogen and oxygen atoms in total. The Morgan fingerprint density at radius 1 is 1.35 bits per heavy atom. The van der Waals surface area contributed by atoms with Gasteiger partial charge in [0.2, 0.25) is 5.91 Å². The molecule has 2 N–H and O–H groups in total. The Hall–Kier alpha value is -1.29. The van der Waals surface area contributed by atoms with Crippen molar-refractivity contribution in [2.75, 3.05) is 6.54 Å². The van der Waals surface area contributed by atoms with Crippen LogP contribution in [0, 0.1) is 0 Å². The lowest BCUT2D eigenvalue weighted by Crippen LogP contribution is -2.34. The van der Waals surface area contributed by atoms with Crippen molar-refractivity contribution in [1.82, 2.24) is 15.2 Å². The third-order valence-corrected chi connectivity index (χ3v) is 3.55. The first-order valence-corrected chi connectivity index (χ1v) is 7.79. The van der Waals surface area contributed by atoms with Crippen LogP contribution in [0.5, 0.6) is 0 Å². The highest BCUT2D eigenvalue weighted by Crippen LogP contribution is 2.18. The summed E-state index contributed by atoms with van der Waals surface area (Å²) in [5.41, 5.74) is 1.27. The molecule has 0 aliphatic heterocycles. The molecule has 0 fully saturated rings. The third-order valence-electron chi connectivity index (χ3n) is 3.55. The molecule has 0 spiro atoms. The lowest BCUT2D eigenvalue weighted by atomic mass is 10.1. The molecular formula is C16H29N3O. The van der Waals surface area contributed by atoms with E-state index in [1.54, 1.807) is 0 Å². The third kappa shape index (κ3) is 5.37. The van der Waals surface area contributed by atoms with Gasteiger partial charge in [-0.15, -0.1) is 0 Å². The van der Waals surface area contributed by atoms with Crippen LogP contribution < -0.4 is 10.6 Å². The van der Waals surface area contributed by atoms with Crippen molar-refractivity contribution in [3.63, 3.8) is 0 Å². The van der Waals surface area contributed by atoms with Crippen molar-refractivity contribution in [3.8, 4) is 0 Å². The number of carbonyl (C=O) groups excluding carboxylic acids is 1. The zero-order valence-corrected chi connectivity index (χ0v) is 13.3. The van der Waals surface area contributed by atoms with Crippen molar-refractivity contribution in [2.45, 2.75) is 65.6 Å². The van der Waals surface area contributed by atoms with Crippen molar-refractivity contribution in [1.29, 1.82) is 0 Å². The molecule has 1 aromatic rings. The molecule has 114 valence electrons. The average Bonchev–Trinajstić information content (AvgIpc) is 2.86. The summed E-state index contributed by atoms with van der Waals surface area (Å²) < 4.78 is 1.97. The minimum absolute atomic E-state index is 0.0805. The summed E-state index contributed by atoms with van der Waals surface area (Å²) in [7, 11) is 0. The number of amides is 1. The molecule has 1 amide bonds. The number of nitrogens with one attached hydrogen (secondary N) is 2. The van der Waals surface area contributed by atoms with Gasteiger partial charge in [0.05, 0.1) is 0 Å². The number of carbonyl (C=O) groups is 1. The molecule has 1 aromatic heterocycles. The van der Waals surface area contributed by atoms with Gasteiger partial charge in [0, 0.05) is 24.5 Å². The first kappa shape index (κ1) is 16.8. The summed E-state index contributed by atoms with van der Waals surface area (Å²) >= 11 is 0. The highest BCUT2D eigenvalue weighted by molar-refractivity contribution is 5.76. The number of aromatic nitrogens is 1. The quantitative estimate of drug-likeness (QED) is 0.730. The van der Waals surface area contributed by atoms with Crippen molar-refractivity contribution in [3.05, 3.63) is 24.0 Å². The fourth-order valence-corrected chi connectivity index (χ4v) is 2.27. The van der Waals surface area contributed by atoms with Gasteiger partial charge in [-0.25, -0.2) is 0 Å². The van der Waals surface area contributed by atoms with Gasteiger partial charge in [-0.1, -0.05) is 27.2 Å². The predicted molar refractivity (Wildman–Crippen MR) is 83.7 cm³/mol. The molecule has 20 heavy (non-hydrogen) atoms. The minimum Gasteiger partial charge on any atom is -0.352 e. The van der Waals surface area contributed by atoms with Crippen LogP contribution in [0.4, 0.5) is 0 Å². The number of nitrogens with zero attached hydrogens (tertiary/aromatic N) is 1. The van der Waals surface area contributed by atoms with Crippen LogP contribution in [0.15, 0.2) is 18.5 Å². The molecule has 0 aliphatic rings. The first-order chi connectivity index (χ1) is 9.60. The van der Waals surface area contributed by atoms with Crippen LogP contribution >= 0.6 is 0 Å². The van der Waals surface area contributed by atoms with Gasteiger partial charge in [0.25, 0.3) is 0 Å². The predicted octanol–water partition coefficient (Wildman–Crippen LogP) is 2.85. The zero-order chi connectivity index (χ0) is 15.0. The number of rotatable bonds is 9. The Morgan fingerprint density at radius 2 is 2.10 bits per heavy atom. The maximum Gasteiger partial charge on any atom is 0.240 e. The van der Waals surface area contributed by atoms with E-state index in [2.05, 4.69) is 43.7 Å². The summed E-state index contributed by atoms with van der Waals surface area (Å²) in [5, 5.41) is 6.49. The summed E-state index contributed by atoms with van der Waals surface area (Å²) in [5.74, 6) is 0.0805. The summed E-state index contributed by atoms with van der Waals surface area (Å²) in [6.07, 6.45) is 7.31. The average molecular weight is 279 g/mol. The molecule has 1 heterocycles. The number of hydrogen-bond acceptors (Lipinski definition) is 2. The monoisotopic (exact) mass is 279 g/mol. The molecule has 4 heteroatoms. The second-order valence-electron chi connectivity index (χ2n) is 5.39. The van der Waals surface area contributed by atoms with Crippen LogP contribution in [0.1, 0.15) is 58.6 Å². The van der Waals surface area contributed by atoms with Gasteiger partial charge in [0.15, 0.2) is 0 Å². The van der Waals surface area contributed by atoms with E-state index in [1.807, 2.05) is 17.7 Å². The van der Waals surface area contributed by atoms with Crippen molar-refractivity contribution < 1.29 is 4.79 Å². The zero-order valence-electron chi connectivity index (χ0n) is 13.3. The molecule has 0 bridgehead atoms. The summed E-state index contributed by atoms with van der Waals surface area (Å²) in [6.45, 7) is 9.78. The smallest absolute Gasteiger partial charge is 0.240 e. The SMILES string of the molecule is CCCC(NCC)c1ccn(CC(=O)NC(C)CC)c1. The van der Waals surface area contributed by atoms with Crippen LogP contribution in [-0.4, -0.2) is 23.1 Å². The Bertz CT molecular complexity index is 394. The van der Waals surface area contributed by atoms with Crippen molar-refractivity contribution in [2.24, 2.45) is 0 Å². The fraction of sp³-hybridized carbons (Fsp3) is 0.688. The molecule has 2 unspecified atom stereocenters. The van der Waals surface area contributed by atoms with Gasteiger partial charge < -0.3 is 15.2 Å². The van der Waals surface area contributed by atoms with E-state index < -0.39 is 0 Å². The van der Waals surface area contributed by atoms with Crippen LogP contribution in [0.25, 0.3) is 0 Å². The highest BCUT2D eigenvalue weighted by atomic mass is 16.2. The van der Waals surface area contributed by atoms with Crippen LogP contribution in [0.2, 0.25) is 0 Å². The maximum absolute atomic E-state index is 11.9. The lowest BCUT2D eigenvalue weighted by molar-refractivity contribution is -0.122. The Balaban J connectivity index is 2.59. The van der Waals surface area contributed by atoms with E-state index in [1.165, 1.54) is 5.56 Å². The highest BCUT2D eigenvalue weighted by Gasteiger charge is 2.12. The van der Waals surface area contributed by atoms with Gasteiger partial charge in [-0.3, -0.25) is 4.79 Å². The molecule has 2 atom stereocenters. The second kappa shape index (κ2) is 8.80. The topological polar surface area (TPSA) is 46.1 Å². The molecule has 0 aliphatic carbocycles. The lowest BCUT2D eigenvalue weighted by Gasteiger charge is -2.15. The van der Waals surface area contributed by atoms with Gasteiger partial charge in [-0.2, -0.15) is 0 Å². The maximum atomic E-state index is 11.9. The Kier molecular flexibility index (Phi) is 7.37. The normalized spacial score (nSPS) is 14.0. The van der Waals surface area contributed by atoms with E-state index in [4.69, 9.17) is 0 Å². The Morgan fingerprint density at radius 3 is 2.70 bits per heavy atom. The molecule has 0 aromatic carbocycles. The van der Waals surface area contributed by atoms with Crippen LogP contribution in [-0.2, 0) is 11.3 Å². The minimum atomic E-state index is 0.0805. The van der Waals surface area contributed by atoms with Crippen LogP contribution in [0.3, 0.4) is 0 Å². The van der Waals surface area contributed by atoms with E-state index in [9.17, 15) is 4.79 Å². The van der Waals surface area contributed by atoms with Gasteiger partial charge in [0.1, 0.15) is 6.54 Å². The molecule has 0 saturated heterocycles. The van der Waals surface area contributed by atoms with E-state index in [0.29, 0.717) is 12.6 Å². The van der Waals surface area contributed by atoms with Crippen molar-refractivity contribution >= 4 is 5.91 Å². The number of hydrogen-bond donors (Lipinski definition) is 2. The Labute approximate surface area is 122 Å². The summed E-state index contributed by atoms with van der Waals surface area (Å²) in [4.78, 5) is 11.9.